The van der Waals surface area contributed by atoms with Gasteiger partial charge in [-0.15, -0.1) is 0 Å². The molecular formula is C8H14N2O2. The second kappa shape index (κ2) is 5.35. The van der Waals surface area contributed by atoms with Crippen LogP contribution in [0, 0.1) is 0 Å². The molecule has 2 amide bonds. The number of nitrogens with one attached hydrogen (secondary N) is 2. The van der Waals surface area contributed by atoms with Crippen LogP contribution in [0.3, 0.4) is 0 Å². The fraction of sp³-hybridized carbons (Fsp3) is 0.500. The topological polar surface area (TPSA) is 58.2 Å². The summed E-state index contributed by atoms with van der Waals surface area (Å²) in [5, 5.41) is 5.13. The van der Waals surface area contributed by atoms with E-state index in [0.29, 0.717) is 18.7 Å². The van der Waals surface area contributed by atoms with Gasteiger partial charge >= 0.3 is 0 Å². The van der Waals surface area contributed by atoms with Gasteiger partial charge in [0.05, 0.1) is 0 Å². The summed E-state index contributed by atoms with van der Waals surface area (Å²) in [6, 6.07) is 0. The SMILES string of the molecule is C=C(CCNC(C)=O)NC(C)=O. The molecule has 0 saturated carbocycles. The summed E-state index contributed by atoms with van der Waals surface area (Å²) in [7, 11) is 0. The van der Waals surface area contributed by atoms with Gasteiger partial charge in [-0.1, -0.05) is 6.58 Å². The Morgan fingerprint density at radius 3 is 2.25 bits per heavy atom. The summed E-state index contributed by atoms with van der Waals surface area (Å²) in [4.78, 5) is 20.9. The molecule has 4 nitrogen and oxygen atoms in total. The van der Waals surface area contributed by atoms with E-state index >= 15 is 0 Å². The number of amides is 2. The lowest BCUT2D eigenvalue weighted by Crippen LogP contribution is -2.25. The summed E-state index contributed by atoms with van der Waals surface area (Å²) in [5.74, 6) is -0.214. The van der Waals surface area contributed by atoms with Crippen molar-refractivity contribution >= 4 is 11.8 Å². The van der Waals surface area contributed by atoms with Crippen LogP contribution in [0.2, 0.25) is 0 Å². The number of carbonyl (C=O) groups is 2. The van der Waals surface area contributed by atoms with Crippen molar-refractivity contribution in [1.29, 1.82) is 0 Å². The minimum absolute atomic E-state index is 0.0781. The molecule has 0 aromatic rings. The van der Waals surface area contributed by atoms with Crippen molar-refractivity contribution in [1.82, 2.24) is 10.6 Å². The molecule has 0 atom stereocenters. The molecule has 0 spiro atoms. The van der Waals surface area contributed by atoms with E-state index in [4.69, 9.17) is 0 Å². The zero-order valence-corrected chi connectivity index (χ0v) is 7.44. The van der Waals surface area contributed by atoms with Crippen molar-refractivity contribution in [3.05, 3.63) is 12.3 Å². The zero-order chi connectivity index (χ0) is 9.56. The molecule has 68 valence electrons. The van der Waals surface area contributed by atoms with Crippen LogP contribution in [-0.2, 0) is 9.59 Å². The maximum absolute atomic E-state index is 10.5. The van der Waals surface area contributed by atoms with Gasteiger partial charge in [-0.2, -0.15) is 0 Å². The molecule has 4 heteroatoms. The second-order valence-electron chi connectivity index (χ2n) is 2.52. The standard InChI is InChI=1S/C8H14N2O2/c1-6(10-8(3)12)4-5-9-7(2)11/h1,4-5H2,2-3H3,(H,9,11)(H,10,12). The maximum Gasteiger partial charge on any atom is 0.220 e. The molecule has 2 N–H and O–H groups in total. The molecule has 0 aromatic carbocycles. The Kier molecular flexibility index (Phi) is 4.76. The highest BCUT2D eigenvalue weighted by Gasteiger charge is 1.96. The normalized spacial score (nSPS) is 8.83. The minimum Gasteiger partial charge on any atom is -0.356 e. The smallest absolute Gasteiger partial charge is 0.220 e. The van der Waals surface area contributed by atoms with Crippen LogP contribution >= 0.6 is 0 Å². The van der Waals surface area contributed by atoms with Crippen molar-refractivity contribution in [2.24, 2.45) is 0 Å². The summed E-state index contributed by atoms with van der Waals surface area (Å²) in [6.45, 7) is 6.98. The first-order chi connectivity index (χ1) is 5.52. The Morgan fingerprint density at radius 2 is 1.83 bits per heavy atom. The maximum atomic E-state index is 10.5. The lowest BCUT2D eigenvalue weighted by Gasteiger charge is -2.05. The molecule has 0 radical (unpaired) electrons. The summed E-state index contributed by atoms with van der Waals surface area (Å²) < 4.78 is 0. The molecule has 0 unspecified atom stereocenters. The summed E-state index contributed by atoms with van der Waals surface area (Å²) in [6.07, 6.45) is 0.569. The van der Waals surface area contributed by atoms with Crippen LogP contribution in [0.1, 0.15) is 20.3 Å². The van der Waals surface area contributed by atoms with Crippen LogP contribution in [0.4, 0.5) is 0 Å². The van der Waals surface area contributed by atoms with Gasteiger partial charge in [0.15, 0.2) is 0 Å². The van der Waals surface area contributed by atoms with Crippen LogP contribution in [0.15, 0.2) is 12.3 Å². The third-order valence-corrected chi connectivity index (χ3v) is 1.15. The fourth-order valence-electron chi connectivity index (χ4n) is 0.701. The number of hydrogen-bond donors (Lipinski definition) is 2. The Balaban J connectivity index is 3.44. The predicted octanol–water partition coefficient (Wildman–Crippen LogP) is 0.162. The number of carbonyl (C=O) groups excluding carboxylic acids is 2. The van der Waals surface area contributed by atoms with Crippen LogP contribution in [0.5, 0.6) is 0 Å². The average Bonchev–Trinajstić information content (AvgIpc) is 1.84. The monoisotopic (exact) mass is 170 g/mol. The van der Waals surface area contributed by atoms with E-state index in [9.17, 15) is 9.59 Å². The van der Waals surface area contributed by atoms with E-state index in [1.807, 2.05) is 0 Å². The lowest BCUT2D eigenvalue weighted by molar-refractivity contribution is -0.119. The van der Waals surface area contributed by atoms with Crippen molar-refractivity contribution in [3.8, 4) is 0 Å². The molecular weight excluding hydrogens is 156 g/mol. The first-order valence-electron chi connectivity index (χ1n) is 3.72. The Hall–Kier alpha value is -1.32. The molecule has 0 aromatic heterocycles. The van der Waals surface area contributed by atoms with Crippen molar-refractivity contribution in [2.75, 3.05) is 6.54 Å². The zero-order valence-electron chi connectivity index (χ0n) is 7.44. The second-order valence-corrected chi connectivity index (χ2v) is 2.52. The number of hydrogen-bond acceptors (Lipinski definition) is 2. The van der Waals surface area contributed by atoms with E-state index in [1.165, 1.54) is 13.8 Å². The highest BCUT2D eigenvalue weighted by Crippen LogP contribution is 1.89. The molecule has 0 rings (SSSR count). The highest BCUT2D eigenvalue weighted by molar-refractivity contribution is 5.75. The van der Waals surface area contributed by atoms with Gasteiger partial charge in [-0.05, 0) is 0 Å². The van der Waals surface area contributed by atoms with Crippen molar-refractivity contribution < 1.29 is 9.59 Å². The number of rotatable bonds is 4. The van der Waals surface area contributed by atoms with Gasteiger partial charge < -0.3 is 10.6 Å². The fourth-order valence-corrected chi connectivity index (χ4v) is 0.701. The molecule has 0 bridgehead atoms. The molecule has 0 fully saturated rings. The minimum atomic E-state index is -0.136. The summed E-state index contributed by atoms with van der Waals surface area (Å²) in [5.41, 5.74) is 0.622. The summed E-state index contributed by atoms with van der Waals surface area (Å²) >= 11 is 0. The van der Waals surface area contributed by atoms with E-state index in [1.54, 1.807) is 0 Å². The van der Waals surface area contributed by atoms with Crippen LogP contribution in [-0.4, -0.2) is 18.4 Å². The average molecular weight is 170 g/mol. The Labute approximate surface area is 72.0 Å². The van der Waals surface area contributed by atoms with Gasteiger partial charge in [0.2, 0.25) is 11.8 Å². The van der Waals surface area contributed by atoms with Gasteiger partial charge in [0.25, 0.3) is 0 Å². The first kappa shape index (κ1) is 10.7. The third kappa shape index (κ3) is 6.80. The van der Waals surface area contributed by atoms with E-state index < -0.39 is 0 Å². The van der Waals surface area contributed by atoms with Gasteiger partial charge in [-0.25, -0.2) is 0 Å². The predicted molar refractivity (Wildman–Crippen MR) is 46.3 cm³/mol. The molecule has 0 aliphatic carbocycles. The van der Waals surface area contributed by atoms with Crippen molar-refractivity contribution in [3.63, 3.8) is 0 Å². The molecule has 0 aliphatic rings. The molecule has 0 heterocycles. The Bertz CT molecular complexity index is 199. The van der Waals surface area contributed by atoms with Crippen molar-refractivity contribution in [2.45, 2.75) is 20.3 Å². The van der Waals surface area contributed by atoms with Crippen LogP contribution < -0.4 is 10.6 Å². The van der Waals surface area contributed by atoms with E-state index in [-0.39, 0.29) is 11.8 Å². The third-order valence-electron chi connectivity index (χ3n) is 1.15. The van der Waals surface area contributed by atoms with Gasteiger partial charge in [-0.3, -0.25) is 9.59 Å². The molecule has 12 heavy (non-hydrogen) atoms. The molecule has 0 saturated heterocycles. The highest BCUT2D eigenvalue weighted by atomic mass is 16.2. The Morgan fingerprint density at radius 1 is 1.25 bits per heavy atom. The largest absolute Gasteiger partial charge is 0.356 e. The van der Waals surface area contributed by atoms with Gasteiger partial charge in [0.1, 0.15) is 0 Å². The van der Waals surface area contributed by atoms with E-state index in [2.05, 4.69) is 17.2 Å². The quantitative estimate of drug-likeness (QED) is 0.631. The molecule has 0 aliphatic heterocycles. The van der Waals surface area contributed by atoms with E-state index in [0.717, 1.165) is 0 Å². The van der Waals surface area contributed by atoms with Crippen LogP contribution in [0.25, 0.3) is 0 Å². The van der Waals surface area contributed by atoms with Gasteiger partial charge in [0, 0.05) is 32.5 Å². The first-order valence-corrected chi connectivity index (χ1v) is 3.72. The lowest BCUT2D eigenvalue weighted by atomic mass is 10.3.